The van der Waals surface area contributed by atoms with Gasteiger partial charge in [0.05, 0.1) is 18.8 Å². The zero-order valence-corrected chi connectivity index (χ0v) is 26.2. The number of aliphatic hydroxyl groups is 1. The molecule has 3 atom stereocenters. The smallest absolute Gasteiger partial charge is 0.315 e. The molecule has 0 saturated carbocycles. The van der Waals surface area contributed by atoms with Crippen molar-refractivity contribution in [2.75, 3.05) is 44.2 Å². The topological polar surface area (TPSA) is 112 Å². The van der Waals surface area contributed by atoms with Gasteiger partial charge in [0.1, 0.15) is 0 Å². The molecule has 46 heavy (non-hydrogen) atoms. The number of aromatic nitrogens is 2. The van der Waals surface area contributed by atoms with Crippen LogP contribution in [0.2, 0.25) is 0 Å². The summed E-state index contributed by atoms with van der Waals surface area (Å²) < 4.78 is 13.3. The molecule has 10 nitrogen and oxygen atoms in total. The number of amides is 2. The van der Waals surface area contributed by atoms with E-state index in [4.69, 9.17) is 9.47 Å². The van der Waals surface area contributed by atoms with Crippen molar-refractivity contribution in [3.05, 3.63) is 114 Å². The number of nitrogens with zero attached hydrogens (tertiary/aromatic N) is 4. The summed E-state index contributed by atoms with van der Waals surface area (Å²) in [6.07, 6.45) is 3.58. The Bertz CT molecular complexity index is 1560. The second-order valence-corrected chi connectivity index (χ2v) is 11.7. The first-order valence-electron chi connectivity index (χ1n) is 16.0. The fourth-order valence-corrected chi connectivity index (χ4v) is 6.04. The summed E-state index contributed by atoms with van der Waals surface area (Å²) in [5, 5.41) is 15.2. The van der Waals surface area contributed by atoms with E-state index in [9.17, 15) is 9.90 Å². The van der Waals surface area contributed by atoms with E-state index in [0.717, 1.165) is 78.5 Å². The van der Waals surface area contributed by atoms with E-state index in [1.807, 2.05) is 55.5 Å². The van der Waals surface area contributed by atoms with Crippen molar-refractivity contribution in [1.82, 2.24) is 25.5 Å². The highest BCUT2D eigenvalue weighted by Gasteiger charge is 2.34. The first-order valence-corrected chi connectivity index (χ1v) is 16.0. The first-order chi connectivity index (χ1) is 22.6. The molecule has 3 aromatic carbocycles. The molecule has 10 heteroatoms. The van der Waals surface area contributed by atoms with Crippen LogP contribution in [0.3, 0.4) is 0 Å². The number of rotatable bonds is 10. The maximum Gasteiger partial charge on any atom is 0.315 e. The van der Waals surface area contributed by atoms with Crippen LogP contribution in [0.15, 0.2) is 91.3 Å². The fraction of sp³-hybridized carbons (Fsp3) is 0.361. The van der Waals surface area contributed by atoms with Crippen molar-refractivity contribution in [2.45, 2.75) is 45.0 Å². The average Bonchev–Trinajstić information content (AvgIpc) is 3.12. The number of carbonyl (C=O) groups excluding carboxylic acids is 1. The summed E-state index contributed by atoms with van der Waals surface area (Å²) in [6, 6.07) is 26.2. The fourth-order valence-electron chi connectivity index (χ4n) is 6.04. The summed E-state index contributed by atoms with van der Waals surface area (Å²) in [5.41, 5.74) is 6.03. The molecule has 0 radical (unpaired) electrons. The number of nitrogens with one attached hydrogen (secondary N) is 2. The summed E-state index contributed by atoms with van der Waals surface area (Å²) in [7, 11) is 0. The van der Waals surface area contributed by atoms with E-state index in [-0.39, 0.29) is 24.8 Å². The van der Waals surface area contributed by atoms with Crippen LogP contribution in [0.5, 0.6) is 0 Å². The molecule has 0 aliphatic carbocycles. The van der Waals surface area contributed by atoms with Gasteiger partial charge in [-0.2, -0.15) is 0 Å². The van der Waals surface area contributed by atoms with E-state index in [1.54, 1.807) is 12.4 Å². The van der Waals surface area contributed by atoms with Gasteiger partial charge in [0.2, 0.25) is 5.95 Å². The molecule has 0 spiro atoms. The number of aliphatic hydroxyl groups excluding tert-OH is 1. The molecule has 2 saturated heterocycles. The predicted molar refractivity (Wildman–Crippen MR) is 177 cm³/mol. The Labute approximate surface area is 270 Å². The molecule has 240 valence electrons. The maximum absolute atomic E-state index is 11.9. The molecular weight excluding hydrogens is 580 g/mol. The van der Waals surface area contributed by atoms with Gasteiger partial charge in [-0.1, -0.05) is 60.7 Å². The molecule has 1 aromatic heterocycles. The van der Waals surface area contributed by atoms with Crippen molar-refractivity contribution in [3.63, 3.8) is 0 Å². The highest BCUT2D eigenvalue weighted by Crippen LogP contribution is 2.39. The lowest BCUT2D eigenvalue weighted by Crippen LogP contribution is -2.50. The van der Waals surface area contributed by atoms with Crippen LogP contribution in [0.25, 0.3) is 11.1 Å². The number of ether oxygens (including phenoxy) is 2. The van der Waals surface area contributed by atoms with Gasteiger partial charge in [0.15, 0.2) is 6.29 Å². The van der Waals surface area contributed by atoms with Crippen molar-refractivity contribution in [3.8, 4) is 11.1 Å². The molecule has 0 bridgehead atoms. The molecule has 6 rings (SSSR count). The number of anilines is 1. The van der Waals surface area contributed by atoms with Crippen LogP contribution in [0.1, 0.15) is 48.0 Å². The third kappa shape index (κ3) is 8.07. The highest BCUT2D eigenvalue weighted by molar-refractivity contribution is 5.74. The number of urea groups is 1. The third-order valence-electron chi connectivity index (χ3n) is 8.49. The number of piperazine rings is 1. The Balaban J connectivity index is 1.18. The van der Waals surface area contributed by atoms with Crippen LogP contribution in [0.4, 0.5) is 10.7 Å². The molecule has 2 fully saturated rings. The average molecular weight is 623 g/mol. The summed E-state index contributed by atoms with van der Waals surface area (Å²) in [6.45, 7) is 7.27. The van der Waals surface area contributed by atoms with Gasteiger partial charge in [-0.05, 0) is 52.9 Å². The second-order valence-electron chi connectivity index (χ2n) is 11.7. The minimum absolute atomic E-state index is 0.0101. The highest BCUT2D eigenvalue weighted by atomic mass is 16.7. The minimum atomic E-state index is -0.539. The van der Waals surface area contributed by atoms with Crippen LogP contribution in [-0.4, -0.2) is 71.4 Å². The molecule has 3 heterocycles. The van der Waals surface area contributed by atoms with Crippen molar-refractivity contribution in [2.24, 2.45) is 0 Å². The Morgan fingerprint density at radius 3 is 2.33 bits per heavy atom. The Morgan fingerprint density at radius 2 is 1.59 bits per heavy atom. The SMILES string of the molecule is CCNC(=O)NCc1cccc(-c2cccc([C@H]3O[C@@H](CN4CCN(c5ncccn5)CC4)C[C@@H](c4ccc(CO)cc4)O3)c2)c1. The zero-order chi connectivity index (χ0) is 31.7. The van der Waals surface area contributed by atoms with Gasteiger partial charge in [-0.15, -0.1) is 0 Å². The van der Waals surface area contributed by atoms with Gasteiger partial charge >= 0.3 is 6.03 Å². The summed E-state index contributed by atoms with van der Waals surface area (Å²) in [5.74, 6) is 0.777. The third-order valence-corrected chi connectivity index (χ3v) is 8.49. The van der Waals surface area contributed by atoms with Gasteiger partial charge in [0, 0.05) is 70.2 Å². The van der Waals surface area contributed by atoms with E-state index in [2.05, 4.69) is 60.7 Å². The van der Waals surface area contributed by atoms with Crippen molar-refractivity contribution in [1.29, 1.82) is 0 Å². The normalized spacial score (nSPS) is 20.3. The van der Waals surface area contributed by atoms with Crippen LogP contribution >= 0.6 is 0 Å². The van der Waals surface area contributed by atoms with Gasteiger partial charge in [-0.3, -0.25) is 4.90 Å². The summed E-state index contributed by atoms with van der Waals surface area (Å²) in [4.78, 5) is 25.4. The lowest BCUT2D eigenvalue weighted by Gasteiger charge is -2.40. The molecule has 3 N–H and O–H groups in total. The number of benzene rings is 3. The Hall–Kier alpha value is -4.35. The van der Waals surface area contributed by atoms with Gasteiger partial charge < -0.3 is 30.1 Å². The van der Waals surface area contributed by atoms with Gasteiger partial charge in [-0.25, -0.2) is 14.8 Å². The Kier molecular flexibility index (Phi) is 10.5. The van der Waals surface area contributed by atoms with Gasteiger partial charge in [0.25, 0.3) is 0 Å². The van der Waals surface area contributed by atoms with Crippen molar-refractivity contribution >= 4 is 12.0 Å². The maximum atomic E-state index is 11.9. The van der Waals surface area contributed by atoms with Crippen molar-refractivity contribution < 1.29 is 19.4 Å². The molecule has 2 aliphatic heterocycles. The zero-order valence-electron chi connectivity index (χ0n) is 26.2. The van der Waals surface area contributed by atoms with Crippen LogP contribution in [0, 0.1) is 0 Å². The number of hydrogen-bond donors (Lipinski definition) is 3. The molecular formula is C36H42N6O4. The predicted octanol–water partition coefficient (Wildman–Crippen LogP) is 4.82. The number of carbonyl (C=O) groups is 1. The molecule has 2 amide bonds. The Morgan fingerprint density at radius 1 is 0.848 bits per heavy atom. The second kappa shape index (κ2) is 15.3. The molecule has 4 aromatic rings. The lowest BCUT2D eigenvalue weighted by molar-refractivity contribution is -0.253. The molecule has 0 unspecified atom stereocenters. The quantitative estimate of drug-likeness (QED) is 0.231. The lowest BCUT2D eigenvalue weighted by atomic mass is 9.98. The number of hydrogen-bond acceptors (Lipinski definition) is 8. The largest absolute Gasteiger partial charge is 0.392 e. The first kappa shape index (κ1) is 31.6. The summed E-state index contributed by atoms with van der Waals surface area (Å²) >= 11 is 0. The minimum Gasteiger partial charge on any atom is -0.392 e. The van der Waals surface area contributed by atoms with E-state index in [0.29, 0.717) is 13.1 Å². The van der Waals surface area contributed by atoms with E-state index < -0.39 is 6.29 Å². The van der Waals surface area contributed by atoms with Crippen LogP contribution < -0.4 is 15.5 Å². The standard InChI is InChI=1S/C36H42N6O4/c1-2-37-36(44)40-23-27-6-3-7-29(20-27)30-8-4-9-31(21-30)34-45-32(22-33(46-34)28-12-10-26(25-43)11-13-28)24-41-16-18-42(19-17-41)35-38-14-5-15-39-35/h3-15,20-21,32-34,43H,2,16-19,22-25H2,1H3,(H2,37,40,44)/t32-,33+,34+/m1/s1. The molecule has 2 aliphatic rings. The van der Waals surface area contributed by atoms with E-state index in [1.165, 1.54) is 0 Å². The monoisotopic (exact) mass is 622 g/mol. The van der Waals surface area contributed by atoms with Crippen LogP contribution in [-0.2, 0) is 22.6 Å². The van der Waals surface area contributed by atoms with E-state index >= 15 is 0 Å².